The Kier molecular flexibility index (Phi) is 3.60. The molecule has 1 aliphatic heterocycles. The van der Waals surface area contributed by atoms with E-state index in [1.54, 1.807) is 23.2 Å². The van der Waals surface area contributed by atoms with Crippen molar-refractivity contribution in [2.75, 3.05) is 0 Å². The third kappa shape index (κ3) is 2.59. The molecule has 0 aliphatic carbocycles. The Morgan fingerprint density at radius 1 is 1.28 bits per heavy atom. The number of hydrogen-bond acceptors (Lipinski definition) is 4. The Morgan fingerprint density at radius 2 is 2.12 bits per heavy atom. The lowest BCUT2D eigenvalue weighted by Crippen LogP contribution is -2.41. The number of halogens is 1. The molecule has 128 valence electrons. The molecule has 1 amide bonds. The molecule has 3 aromatic rings. The van der Waals surface area contributed by atoms with Crippen LogP contribution in [0.15, 0.2) is 36.7 Å². The van der Waals surface area contributed by atoms with Crippen molar-refractivity contribution >= 4 is 5.91 Å². The van der Waals surface area contributed by atoms with E-state index in [-0.39, 0.29) is 11.7 Å². The molecule has 7 nitrogen and oxygen atoms in total. The van der Waals surface area contributed by atoms with E-state index in [4.69, 9.17) is 0 Å². The van der Waals surface area contributed by atoms with Crippen molar-refractivity contribution in [3.05, 3.63) is 53.9 Å². The lowest BCUT2D eigenvalue weighted by Gasteiger charge is -2.32. The fourth-order valence-electron chi connectivity index (χ4n) is 3.18. The summed E-state index contributed by atoms with van der Waals surface area (Å²) in [6.07, 6.45) is 3.51. The highest BCUT2D eigenvalue weighted by Gasteiger charge is 2.34. The van der Waals surface area contributed by atoms with Gasteiger partial charge in [0.1, 0.15) is 11.9 Å². The van der Waals surface area contributed by atoms with Crippen LogP contribution in [0.25, 0.3) is 11.6 Å². The molecule has 1 aliphatic rings. The van der Waals surface area contributed by atoms with Crippen LogP contribution in [-0.2, 0) is 24.9 Å². The summed E-state index contributed by atoms with van der Waals surface area (Å²) < 4.78 is 17.1. The molecule has 1 aromatic carbocycles. The van der Waals surface area contributed by atoms with Gasteiger partial charge in [-0.1, -0.05) is 12.1 Å². The van der Waals surface area contributed by atoms with Gasteiger partial charge < -0.3 is 9.47 Å². The molecule has 0 saturated heterocycles. The van der Waals surface area contributed by atoms with Gasteiger partial charge in [0.2, 0.25) is 11.7 Å². The highest BCUT2D eigenvalue weighted by molar-refractivity contribution is 5.81. The Balaban J connectivity index is 1.67. The van der Waals surface area contributed by atoms with E-state index in [9.17, 15) is 9.18 Å². The Morgan fingerprint density at radius 3 is 2.84 bits per heavy atom. The van der Waals surface area contributed by atoms with Gasteiger partial charge in [-0.15, -0.1) is 10.2 Å². The minimum atomic E-state index is -0.445. The first-order valence-electron chi connectivity index (χ1n) is 7.99. The first-order valence-corrected chi connectivity index (χ1v) is 7.99. The van der Waals surface area contributed by atoms with Crippen LogP contribution in [-0.4, -0.2) is 35.1 Å². The summed E-state index contributed by atoms with van der Waals surface area (Å²) in [5.74, 6) is 1.58. The smallest absolute Gasteiger partial charge is 0.246 e. The number of aryl methyl sites for hydroxylation is 1. The van der Waals surface area contributed by atoms with Gasteiger partial charge in [0.05, 0.1) is 6.54 Å². The molecular weight excluding hydrogens is 323 g/mol. The topological polar surface area (TPSA) is 68.8 Å². The van der Waals surface area contributed by atoms with E-state index in [1.807, 2.05) is 29.3 Å². The van der Waals surface area contributed by atoms with E-state index in [0.717, 1.165) is 5.56 Å². The number of rotatable bonds is 3. The maximum atomic E-state index is 13.4. The highest BCUT2D eigenvalue weighted by atomic mass is 19.1. The molecule has 0 saturated carbocycles. The summed E-state index contributed by atoms with van der Waals surface area (Å²) in [7, 11) is 1.87. The van der Waals surface area contributed by atoms with Crippen LogP contribution < -0.4 is 0 Å². The van der Waals surface area contributed by atoms with Crippen molar-refractivity contribution < 1.29 is 9.18 Å². The lowest BCUT2D eigenvalue weighted by atomic mass is 10.1. The highest BCUT2D eigenvalue weighted by Crippen LogP contribution is 2.28. The van der Waals surface area contributed by atoms with Crippen LogP contribution >= 0.6 is 0 Å². The van der Waals surface area contributed by atoms with E-state index >= 15 is 0 Å². The molecule has 0 fully saturated rings. The molecule has 0 spiro atoms. The fraction of sp³-hybridized carbons (Fsp3) is 0.294. The van der Waals surface area contributed by atoms with Gasteiger partial charge in [-0.05, 0) is 24.6 Å². The first-order chi connectivity index (χ1) is 12.0. The third-order valence-corrected chi connectivity index (χ3v) is 4.44. The monoisotopic (exact) mass is 340 g/mol. The molecule has 0 unspecified atom stereocenters. The number of amides is 1. The van der Waals surface area contributed by atoms with Crippen molar-refractivity contribution in [2.24, 2.45) is 7.05 Å². The minimum absolute atomic E-state index is 0.0491. The fourth-order valence-corrected chi connectivity index (χ4v) is 3.18. The number of benzene rings is 1. The number of carbonyl (C=O) groups is 1. The molecule has 3 heterocycles. The van der Waals surface area contributed by atoms with Gasteiger partial charge in [0.15, 0.2) is 11.6 Å². The van der Waals surface area contributed by atoms with Crippen molar-refractivity contribution in [3.63, 3.8) is 0 Å². The zero-order valence-corrected chi connectivity index (χ0v) is 13.9. The van der Waals surface area contributed by atoms with E-state index in [1.165, 1.54) is 12.1 Å². The second-order valence-electron chi connectivity index (χ2n) is 6.17. The average molecular weight is 340 g/mol. The van der Waals surface area contributed by atoms with Gasteiger partial charge in [0.25, 0.3) is 0 Å². The van der Waals surface area contributed by atoms with Crippen LogP contribution in [0, 0.1) is 5.82 Å². The second-order valence-corrected chi connectivity index (χ2v) is 6.17. The van der Waals surface area contributed by atoms with E-state index in [0.29, 0.717) is 30.6 Å². The Bertz CT molecular complexity index is 946. The number of imidazole rings is 1. The average Bonchev–Trinajstić information content (AvgIpc) is 3.18. The maximum absolute atomic E-state index is 13.4. The predicted molar refractivity (Wildman–Crippen MR) is 87.6 cm³/mol. The summed E-state index contributed by atoms with van der Waals surface area (Å²) in [5.41, 5.74) is 0.748. The Hall–Kier alpha value is -3.03. The zero-order chi connectivity index (χ0) is 17.6. The van der Waals surface area contributed by atoms with E-state index in [2.05, 4.69) is 15.2 Å². The second kappa shape index (κ2) is 5.80. The largest absolute Gasteiger partial charge is 0.331 e. The van der Waals surface area contributed by atoms with Gasteiger partial charge in [-0.2, -0.15) is 0 Å². The number of carbonyl (C=O) groups excluding carboxylic acids is 1. The van der Waals surface area contributed by atoms with Crippen LogP contribution in [0.3, 0.4) is 0 Å². The molecule has 25 heavy (non-hydrogen) atoms. The van der Waals surface area contributed by atoms with Gasteiger partial charge >= 0.3 is 0 Å². The van der Waals surface area contributed by atoms with Crippen LogP contribution in [0.2, 0.25) is 0 Å². The van der Waals surface area contributed by atoms with Gasteiger partial charge in [0, 0.05) is 26.0 Å². The Labute approximate surface area is 143 Å². The number of nitrogens with zero attached hydrogens (tertiary/aromatic N) is 6. The molecule has 0 N–H and O–H groups in total. The number of hydrogen-bond donors (Lipinski definition) is 0. The molecule has 2 aromatic heterocycles. The minimum Gasteiger partial charge on any atom is -0.331 e. The predicted octanol–water partition coefficient (Wildman–Crippen LogP) is 1.92. The van der Waals surface area contributed by atoms with Crippen molar-refractivity contribution in [3.8, 4) is 11.6 Å². The van der Waals surface area contributed by atoms with Crippen molar-refractivity contribution in [1.82, 2.24) is 29.2 Å². The lowest BCUT2D eigenvalue weighted by molar-refractivity contribution is -0.137. The van der Waals surface area contributed by atoms with Crippen molar-refractivity contribution in [2.45, 2.75) is 26.1 Å². The van der Waals surface area contributed by atoms with Gasteiger partial charge in [-0.3, -0.25) is 9.36 Å². The van der Waals surface area contributed by atoms with Crippen LogP contribution in [0.5, 0.6) is 0 Å². The van der Waals surface area contributed by atoms with Crippen LogP contribution in [0.1, 0.15) is 24.4 Å². The quantitative estimate of drug-likeness (QED) is 0.730. The molecular formula is C17H17FN6O. The molecule has 0 radical (unpaired) electrons. The van der Waals surface area contributed by atoms with Crippen LogP contribution in [0.4, 0.5) is 4.39 Å². The summed E-state index contributed by atoms with van der Waals surface area (Å²) in [4.78, 5) is 18.8. The summed E-state index contributed by atoms with van der Waals surface area (Å²) in [6.45, 7) is 2.49. The number of fused-ring (bicyclic) bond motifs is 1. The SMILES string of the molecule is C[C@H]1C(=O)N(Cc2cccc(F)c2)Cc2nnc(-c3nccn3C)n21. The summed E-state index contributed by atoms with van der Waals surface area (Å²) in [6, 6.07) is 5.83. The third-order valence-electron chi connectivity index (χ3n) is 4.44. The standard InChI is InChI=1S/C17H17FN6O/c1-11-17(25)23(9-12-4-3-5-13(18)8-12)10-14-20-21-16(24(11)14)15-19-6-7-22(15)2/h3-8,11H,9-10H2,1-2H3/t11-/m0/s1. The van der Waals surface area contributed by atoms with Gasteiger partial charge in [-0.25, -0.2) is 9.37 Å². The molecule has 0 bridgehead atoms. The zero-order valence-electron chi connectivity index (χ0n) is 13.9. The molecule has 8 heteroatoms. The molecule has 4 rings (SSSR count). The van der Waals surface area contributed by atoms with E-state index < -0.39 is 6.04 Å². The maximum Gasteiger partial charge on any atom is 0.246 e. The summed E-state index contributed by atoms with van der Waals surface area (Å²) >= 11 is 0. The number of aromatic nitrogens is 5. The van der Waals surface area contributed by atoms with Crippen molar-refractivity contribution in [1.29, 1.82) is 0 Å². The molecule has 1 atom stereocenters. The normalized spacial score (nSPS) is 17.0. The first kappa shape index (κ1) is 15.5. The summed E-state index contributed by atoms with van der Waals surface area (Å²) in [5, 5.41) is 8.47.